The molecule has 0 aliphatic heterocycles. The first-order chi connectivity index (χ1) is 11.4. The Hall–Kier alpha value is -2.43. The van der Waals surface area contributed by atoms with E-state index in [-0.39, 0.29) is 11.4 Å². The number of carbonyl (C=O) groups is 1. The molecule has 128 valence electrons. The summed E-state index contributed by atoms with van der Waals surface area (Å²) in [4.78, 5) is 17.4. The number of hydrogen-bond acceptors (Lipinski definition) is 3. The van der Waals surface area contributed by atoms with Crippen LogP contribution < -0.4 is 10.6 Å². The van der Waals surface area contributed by atoms with Crippen LogP contribution in [-0.4, -0.2) is 17.9 Å². The van der Waals surface area contributed by atoms with Crippen molar-refractivity contribution in [3.63, 3.8) is 0 Å². The lowest BCUT2D eigenvalue weighted by Gasteiger charge is -2.24. The van der Waals surface area contributed by atoms with Crippen LogP contribution in [0.5, 0.6) is 0 Å². The van der Waals surface area contributed by atoms with Crippen LogP contribution in [-0.2, 0) is 12.8 Å². The predicted octanol–water partition coefficient (Wildman–Crippen LogP) is 3.91. The lowest BCUT2D eigenvalue weighted by Crippen LogP contribution is -2.19. The number of anilines is 2. The molecule has 0 aliphatic carbocycles. The Balaban J connectivity index is 2.53. The molecule has 0 spiro atoms. The van der Waals surface area contributed by atoms with E-state index in [9.17, 15) is 9.18 Å². The first-order valence-corrected chi connectivity index (χ1v) is 8.22. The first-order valence-electron chi connectivity index (χ1n) is 8.22. The summed E-state index contributed by atoms with van der Waals surface area (Å²) in [6.45, 7) is 5.89. The zero-order valence-electron chi connectivity index (χ0n) is 14.7. The maximum absolute atomic E-state index is 14.5. The summed E-state index contributed by atoms with van der Waals surface area (Å²) in [5, 5.41) is 0. The molecule has 1 amide bonds. The van der Waals surface area contributed by atoms with Crippen LogP contribution >= 0.6 is 0 Å². The van der Waals surface area contributed by atoms with Crippen molar-refractivity contribution in [2.45, 2.75) is 40.0 Å². The van der Waals surface area contributed by atoms with Gasteiger partial charge in [0.15, 0.2) is 11.6 Å². The number of nitrogens with zero attached hydrogens (tertiary/aromatic N) is 2. The van der Waals surface area contributed by atoms with Crippen molar-refractivity contribution in [1.29, 1.82) is 0 Å². The minimum Gasteiger partial charge on any atom is -0.366 e. The van der Waals surface area contributed by atoms with Crippen LogP contribution in [0.3, 0.4) is 0 Å². The van der Waals surface area contributed by atoms with E-state index >= 15 is 0 Å². The molecule has 1 aromatic heterocycles. The first kappa shape index (κ1) is 17.9. The second-order valence-electron chi connectivity index (χ2n) is 5.87. The van der Waals surface area contributed by atoms with E-state index in [1.165, 1.54) is 11.1 Å². The molecule has 1 heterocycles. The number of nitrogens with two attached hydrogens (primary N) is 1. The fraction of sp³-hybridized carbons (Fsp3) is 0.368. The summed E-state index contributed by atoms with van der Waals surface area (Å²) in [6.07, 6.45) is 2.90. The molecular formula is C19H24FN3O. The summed E-state index contributed by atoms with van der Waals surface area (Å²) >= 11 is 0. The molecule has 0 atom stereocenters. The molecule has 0 unspecified atom stereocenters. The minimum absolute atomic E-state index is 0.111. The Morgan fingerprint density at radius 3 is 2.62 bits per heavy atom. The average molecular weight is 329 g/mol. The lowest BCUT2D eigenvalue weighted by molar-refractivity contribution is 0.0999. The average Bonchev–Trinajstić information content (AvgIpc) is 2.55. The smallest absolute Gasteiger partial charge is 0.250 e. The van der Waals surface area contributed by atoms with Crippen molar-refractivity contribution in [3.8, 4) is 0 Å². The van der Waals surface area contributed by atoms with Gasteiger partial charge in [-0.3, -0.25) is 4.79 Å². The number of hydrogen-bond donors (Lipinski definition) is 1. The number of pyridine rings is 1. The molecule has 5 heteroatoms. The third-order valence-electron chi connectivity index (χ3n) is 4.21. The number of carbonyl (C=O) groups excluding carboxylic acids is 1. The van der Waals surface area contributed by atoms with Gasteiger partial charge in [-0.1, -0.05) is 32.4 Å². The van der Waals surface area contributed by atoms with Gasteiger partial charge in [0.2, 0.25) is 0 Å². The maximum Gasteiger partial charge on any atom is 0.250 e. The van der Waals surface area contributed by atoms with Gasteiger partial charge in [-0.2, -0.15) is 0 Å². The van der Waals surface area contributed by atoms with E-state index in [0.717, 1.165) is 31.0 Å². The molecule has 24 heavy (non-hydrogen) atoms. The minimum atomic E-state index is -0.674. The number of benzene rings is 1. The molecule has 4 nitrogen and oxygen atoms in total. The molecule has 0 bridgehead atoms. The van der Waals surface area contributed by atoms with Gasteiger partial charge in [0.1, 0.15) is 0 Å². The molecule has 2 N–H and O–H groups in total. The van der Waals surface area contributed by atoms with Gasteiger partial charge >= 0.3 is 0 Å². The van der Waals surface area contributed by atoms with Gasteiger partial charge in [0.05, 0.1) is 11.3 Å². The van der Waals surface area contributed by atoms with Gasteiger partial charge in [-0.25, -0.2) is 9.37 Å². The highest BCUT2D eigenvalue weighted by atomic mass is 19.1. The Kier molecular flexibility index (Phi) is 5.54. The number of halogens is 1. The zero-order valence-corrected chi connectivity index (χ0v) is 14.7. The van der Waals surface area contributed by atoms with Crippen molar-refractivity contribution in [1.82, 2.24) is 4.98 Å². The molecule has 0 saturated heterocycles. The fourth-order valence-electron chi connectivity index (χ4n) is 3.01. The van der Waals surface area contributed by atoms with Gasteiger partial charge in [-0.05, 0) is 43.0 Å². The largest absolute Gasteiger partial charge is 0.366 e. The summed E-state index contributed by atoms with van der Waals surface area (Å²) in [5.74, 6) is -1.03. The predicted molar refractivity (Wildman–Crippen MR) is 95.3 cm³/mol. The number of aryl methyl sites for hydroxylation is 2. The van der Waals surface area contributed by atoms with Crippen molar-refractivity contribution in [3.05, 3.63) is 52.5 Å². The standard InChI is InChI=1S/C19H24FN3O/c1-5-8-13-9-7-10-17(14(13)6-2)23(4)19-16(20)11-15(18(21)24)12(3)22-19/h7,9-11H,5-6,8H2,1-4H3,(H2,21,24). The summed E-state index contributed by atoms with van der Waals surface area (Å²) in [7, 11) is 1.79. The van der Waals surface area contributed by atoms with E-state index in [1.807, 2.05) is 12.1 Å². The fourth-order valence-corrected chi connectivity index (χ4v) is 3.01. The molecule has 1 aromatic carbocycles. The van der Waals surface area contributed by atoms with Crippen molar-refractivity contribution >= 4 is 17.4 Å². The Morgan fingerprint density at radius 2 is 2.04 bits per heavy atom. The molecule has 0 aliphatic rings. The van der Waals surface area contributed by atoms with Crippen LogP contribution in [0.2, 0.25) is 0 Å². The van der Waals surface area contributed by atoms with E-state index < -0.39 is 11.7 Å². The van der Waals surface area contributed by atoms with Crippen LogP contribution in [0.15, 0.2) is 24.3 Å². The SMILES string of the molecule is CCCc1cccc(N(C)c2nc(C)c(C(N)=O)cc2F)c1CC. The third kappa shape index (κ3) is 3.40. The number of aromatic nitrogens is 1. The highest BCUT2D eigenvalue weighted by molar-refractivity contribution is 5.94. The number of amides is 1. The Bertz CT molecular complexity index is 759. The summed E-state index contributed by atoms with van der Waals surface area (Å²) < 4.78 is 14.5. The molecule has 0 saturated carbocycles. The highest BCUT2D eigenvalue weighted by Crippen LogP contribution is 2.31. The van der Waals surface area contributed by atoms with Crippen molar-refractivity contribution in [2.75, 3.05) is 11.9 Å². The second-order valence-corrected chi connectivity index (χ2v) is 5.87. The second kappa shape index (κ2) is 7.43. The number of rotatable bonds is 6. The summed E-state index contributed by atoms with van der Waals surface area (Å²) in [6, 6.07) is 7.23. The molecule has 0 radical (unpaired) electrons. The van der Waals surface area contributed by atoms with Crippen LogP contribution in [0, 0.1) is 12.7 Å². The van der Waals surface area contributed by atoms with E-state index in [4.69, 9.17) is 5.73 Å². The van der Waals surface area contributed by atoms with Gasteiger partial charge in [0.25, 0.3) is 5.91 Å². The van der Waals surface area contributed by atoms with Gasteiger partial charge in [0, 0.05) is 12.7 Å². The topological polar surface area (TPSA) is 59.2 Å². The normalized spacial score (nSPS) is 10.7. The summed E-state index contributed by atoms with van der Waals surface area (Å²) in [5.41, 5.74) is 9.20. The molecule has 2 rings (SSSR count). The zero-order chi connectivity index (χ0) is 17.9. The highest BCUT2D eigenvalue weighted by Gasteiger charge is 2.19. The Labute approximate surface area is 142 Å². The number of primary amides is 1. The van der Waals surface area contributed by atoms with Crippen molar-refractivity contribution in [2.24, 2.45) is 5.73 Å². The third-order valence-corrected chi connectivity index (χ3v) is 4.21. The Morgan fingerprint density at radius 1 is 1.33 bits per heavy atom. The molecule has 2 aromatic rings. The monoisotopic (exact) mass is 329 g/mol. The van der Waals surface area contributed by atoms with Gasteiger partial charge in [-0.15, -0.1) is 0 Å². The lowest BCUT2D eigenvalue weighted by atomic mass is 9.98. The van der Waals surface area contributed by atoms with E-state index in [2.05, 4.69) is 24.9 Å². The molecule has 0 fully saturated rings. The van der Waals surface area contributed by atoms with Crippen molar-refractivity contribution < 1.29 is 9.18 Å². The van der Waals surface area contributed by atoms with Crippen LogP contribution in [0.1, 0.15) is 47.4 Å². The van der Waals surface area contributed by atoms with E-state index in [1.54, 1.807) is 18.9 Å². The molecular weight excluding hydrogens is 305 g/mol. The van der Waals surface area contributed by atoms with Gasteiger partial charge < -0.3 is 10.6 Å². The van der Waals surface area contributed by atoms with E-state index in [0.29, 0.717) is 5.69 Å². The maximum atomic E-state index is 14.5. The van der Waals surface area contributed by atoms with Crippen LogP contribution in [0.25, 0.3) is 0 Å². The van der Waals surface area contributed by atoms with Crippen LogP contribution in [0.4, 0.5) is 15.9 Å². The quantitative estimate of drug-likeness (QED) is 0.874.